The maximum absolute atomic E-state index is 5.82. The number of hydrogen-bond donors (Lipinski definition) is 1. The Morgan fingerprint density at radius 1 is 1.20 bits per heavy atom. The molecule has 1 saturated heterocycles. The molecular weight excluding hydrogens is 248 g/mol. The summed E-state index contributed by atoms with van der Waals surface area (Å²) in [7, 11) is 0. The van der Waals surface area contributed by atoms with Crippen molar-refractivity contribution in [1.29, 1.82) is 0 Å². The Kier molecular flexibility index (Phi) is 3.90. The standard InChI is InChI=1S/C17H22N2O/c1-13-8-9-17(20-13)14(2)19-11-10-18-12-16(19)15-6-4-3-5-7-15/h3-9,14,16,18H,10-12H2,1-2H3. The predicted octanol–water partition coefficient (Wildman–Crippen LogP) is 3.30. The molecule has 2 unspecified atom stereocenters. The highest BCUT2D eigenvalue weighted by atomic mass is 16.3. The van der Waals surface area contributed by atoms with Crippen molar-refractivity contribution < 1.29 is 4.42 Å². The third-order valence-electron chi connectivity index (χ3n) is 4.14. The number of aryl methyl sites for hydroxylation is 1. The van der Waals surface area contributed by atoms with Crippen LogP contribution in [0.1, 0.15) is 36.1 Å². The summed E-state index contributed by atoms with van der Waals surface area (Å²) in [5.74, 6) is 2.04. The van der Waals surface area contributed by atoms with E-state index in [1.165, 1.54) is 5.56 Å². The molecule has 1 aromatic heterocycles. The quantitative estimate of drug-likeness (QED) is 0.927. The fourth-order valence-corrected chi connectivity index (χ4v) is 3.01. The summed E-state index contributed by atoms with van der Waals surface area (Å²) >= 11 is 0. The zero-order valence-electron chi connectivity index (χ0n) is 12.2. The lowest BCUT2D eigenvalue weighted by Crippen LogP contribution is -2.46. The van der Waals surface area contributed by atoms with Crippen LogP contribution in [0.2, 0.25) is 0 Å². The van der Waals surface area contributed by atoms with Crippen LogP contribution in [-0.4, -0.2) is 24.5 Å². The average Bonchev–Trinajstić information content (AvgIpc) is 2.94. The van der Waals surface area contributed by atoms with Crippen molar-refractivity contribution in [3.05, 3.63) is 59.5 Å². The summed E-state index contributed by atoms with van der Waals surface area (Å²) < 4.78 is 5.82. The molecular formula is C17H22N2O. The van der Waals surface area contributed by atoms with Crippen LogP contribution in [0.25, 0.3) is 0 Å². The van der Waals surface area contributed by atoms with Gasteiger partial charge < -0.3 is 9.73 Å². The third-order valence-corrected chi connectivity index (χ3v) is 4.14. The Morgan fingerprint density at radius 3 is 2.70 bits per heavy atom. The minimum Gasteiger partial charge on any atom is -0.465 e. The topological polar surface area (TPSA) is 28.4 Å². The van der Waals surface area contributed by atoms with Gasteiger partial charge in [0.15, 0.2) is 0 Å². The molecule has 3 nitrogen and oxygen atoms in total. The molecule has 1 N–H and O–H groups in total. The summed E-state index contributed by atoms with van der Waals surface area (Å²) in [6.45, 7) is 7.31. The normalized spacial score (nSPS) is 21.8. The molecule has 2 aromatic rings. The van der Waals surface area contributed by atoms with Crippen molar-refractivity contribution in [3.63, 3.8) is 0 Å². The van der Waals surface area contributed by atoms with Gasteiger partial charge in [-0.05, 0) is 31.5 Å². The minimum atomic E-state index is 0.302. The molecule has 0 bridgehead atoms. The number of nitrogens with one attached hydrogen (secondary N) is 1. The molecule has 3 heteroatoms. The van der Waals surface area contributed by atoms with Crippen LogP contribution < -0.4 is 5.32 Å². The molecule has 3 rings (SSSR count). The summed E-state index contributed by atoms with van der Waals surface area (Å²) in [5, 5.41) is 3.50. The molecule has 1 aliphatic heterocycles. The zero-order chi connectivity index (χ0) is 13.9. The number of rotatable bonds is 3. The Labute approximate surface area is 120 Å². The lowest BCUT2D eigenvalue weighted by atomic mass is 10.0. The highest BCUT2D eigenvalue weighted by Crippen LogP contribution is 2.32. The van der Waals surface area contributed by atoms with Gasteiger partial charge in [-0.1, -0.05) is 30.3 Å². The maximum Gasteiger partial charge on any atom is 0.121 e. The smallest absolute Gasteiger partial charge is 0.121 e. The van der Waals surface area contributed by atoms with E-state index >= 15 is 0 Å². The van der Waals surface area contributed by atoms with Gasteiger partial charge in [-0.2, -0.15) is 0 Å². The Morgan fingerprint density at radius 2 is 2.00 bits per heavy atom. The number of hydrogen-bond acceptors (Lipinski definition) is 3. The van der Waals surface area contributed by atoms with Gasteiger partial charge in [0.25, 0.3) is 0 Å². The molecule has 1 aromatic carbocycles. The molecule has 0 aliphatic carbocycles. The lowest BCUT2D eigenvalue weighted by molar-refractivity contribution is 0.101. The van der Waals surface area contributed by atoms with Crippen molar-refractivity contribution in [1.82, 2.24) is 10.2 Å². The molecule has 20 heavy (non-hydrogen) atoms. The van der Waals surface area contributed by atoms with Gasteiger partial charge in [0.2, 0.25) is 0 Å². The second-order valence-corrected chi connectivity index (χ2v) is 5.49. The molecule has 1 fully saturated rings. The Hall–Kier alpha value is -1.58. The Bertz CT molecular complexity index is 549. The average molecular weight is 270 g/mol. The van der Waals surface area contributed by atoms with E-state index in [2.05, 4.69) is 53.5 Å². The fraction of sp³-hybridized carbons (Fsp3) is 0.412. The van der Waals surface area contributed by atoms with Crippen molar-refractivity contribution in [2.45, 2.75) is 25.9 Å². The van der Waals surface area contributed by atoms with Crippen LogP contribution in [0.5, 0.6) is 0 Å². The lowest BCUT2D eigenvalue weighted by Gasteiger charge is -2.39. The van der Waals surface area contributed by atoms with E-state index in [1.54, 1.807) is 0 Å². The van der Waals surface area contributed by atoms with E-state index in [4.69, 9.17) is 4.42 Å². The summed E-state index contributed by atoms with van der Waals surface area (Å²) in [6.07, 6.45) is 0. The van der Waals surface area contributed by atoms with Crippen LogP contribution in [0.15, 0.2) is 46.9 Å². The summed E-state index contributed by atoms with van der Waals surface area (Å²) in [4.78, 5) is 2.53. The highest BCUT2D eigenvalue weighted by Gasteiger charge is 2.29. The maximum atomic E-state index is 5.82. The highest BCUT2D eigenvalue weighted by molar-refractivity contribution is 5.21. The molecule has 0 saturated carbocycles. The second kappa shape index (κ2) is 5.81. The van der Waals surface area contributed by atoms with E-state index in [9.17, 15) is 0 Å². The van der Waals surface area contributed by atoms with Crippen molar-refractivity contribution in [2.75, 3.05) is 19.6 Å². The van der Waals surface area contributed by atoms with Crippen molar-refractivity contribution in [2.24, 2.45) is 0 Å². The van der Waals surface area contributed by atoms with E-state index in [0.29, 0.717) is 12.1 Å². The van der Waals surface area contributed by atoms with Crippen LogP contribution in [0.4, 0.5) is 0 Å². The zero-order valence-corrected chi connectivity index (χ0v) is 12.2. The molecule has 2 atom stereocenters. The second-order valence-electron chi connectivity index (χ2n) is 5.49. The number of furan rings is 1. The first kappa shape index (κ1) is 13.4. The van der Waals surface area contributed by atoms with Gasteiger partial charge in [0.1, 0.15) is 11.5 Å². The van der Waals surface area contributed by atoms with Crippen LogP contribution in [0.3, 0.4) is 0 Å². The SMILES string of the molecule is Cc1ccc(C(C)N2CCNCC2c2ccccc2)o1. The van der Waals surface area contributed by atoms with Crippen LogP contribution in [0, 0.1) is 6.92 Å². The van der Waals surface area contributed by atoms with Gasteiger partial charge >= 0.3 is 0 Å². The van der Waals surface area contributed by atoms with Gasteiger partial charge in [-0.3, -0.25) is 4.90 Å². The Balaban J connectivity index is 1.85. The minimum absolute atomic E-state index is 0.302. The first-order valence-corrected chi connectivity index (χ1v) is 7.33. The first-order valence-electron chi connectivity index (χ1n) is 7.33. The number of piperazine rings is 1. The molecule has 1 aliphatic rings. The molecule has 0 radical (unpaired) electrons. The van der Waals surface area contributed by atoms with Crippen molar-refractivity contribution in [3.8, 4) is 0 Å². The van der Waals surface area contributed by atoms with Gasteiger partial charge in [-0.25, -0.2) is 0 Å². The van der Waals surface area contributed by atoms with Gasteiger partial charge in [0.05, 0.1) is 6.04 Å². The van der Waals surface area contributed by atoms with E-state index in [0.717, 1.165) is 31.2 Å². The largest absolute Gasteiger partial charge is 0.465 e. The first-order chi connectivity index (χ1) is 9.75. The van der Waals surface area contributed by atoms with E-state index in [1.807, 2.05) is 13.0 Å². The number of nitrogens with zero attached hydrogens (tertiary/aromatic N) is 1. The fourth-order valence-electron chi connectivity index (χ4n) is 3.01. The molecule has 106 valence electrons. The molecule has 0 amide bonds. The predicted molar refractivity (Wildman–Crippen MR) is 80.6 cm³/mol. The van der Waals surface area contributed by atoms with Gasteiger partial charge in [0, 0.05) is 25.7 Å². The third kappa shape index (κ3) is 2.65. The number of benzene rings is 1. The van der Waals surface area contributed by atoms with E-state index < -0.39 is 0 Å². The van der Waals surface area contributed by atoms with Crippen LogP contribution >= 0.6 is 0 Å². The molecule has 0 spiro atoms. The summed E-state index contributed by atoms with van der Waals surface area (Å²) in [6, 6.07) is 15.6. The van der Waals surface area contributed by atoms with Crippen LogP contribution in [-0.2, 0) is 0 Å². The molecule has 2 heterocycles. The van der Waals surface area contributed by atoms with Gasteiger partial charge in [-0.15, -0.1) is 0 Å². The van der Waals surface area contributed by atoms with Crippen molar-refractivity contribution >= 4 is 0 Å². The monoisotopic (exact) mass is 270 g/mol. The van der Waals surface area contributed by atoms with E-state index in [-0.39, 0.29) is 0 Å². The summed E-state index contributed by atoms with van der Waals surface area (Å²) in [5.41, 5.74) is 1.37.